The summed E-state index contributed by atoms with van der Waals surface area (Å²) in [6, 6.07) is 6.24. The fraction of sp³-hybridized carbons (Fsp3) is 0.286. The van der Waals surface area contributed by atoms with Gasteiger partial charge in [0.25, 0.3) is 5.91 Å². The maximum atomic E-state index is 11.8. The summed E-state index contributed by atoms with van der Waals surface area (Å²) in [6.45, 7) is 4.76. The first-order chi connectivity index (χ1) is 8.72. The zero-order valence-corrected chi connectivity index (χ0v) is 11.4. The maximum absolute atomic E-state index is 11.8. The molecule has 1 aromatic heterocycles. The van der Waals surface area contributed by atoms with Crippen molar-refractivity contribution in [1.29, 1.82) is 0 Å². The van der Waals surface area contributed by atoms with Crippen LogP contribution in [0.5, 0.6) is 0 Å². The summed E-state index contributed by atoms with van der Waals surface area (Å²) in [5.41, 5.74) is 3.72. The average molecular weight is 260 g/mol. The number of nitrogens with zero attached hydrogens (tertiary/aromatic N) is 1. The van der Waals surface area contributed by atoms with Gasteiger partial charge >= 0.3 is 0 Å². The predicted molar refractivity (Wildman–Crippen MR) is 73.8 cm³/mol. The van der Waals surface area contributed by atoms with Gasteiger partial charge in [-0.15, -0.1) is 11.3 Å². The molecule has 0 radical (unpaired) electrons. The van der Waals surface area contributed by atoms with Crippen molar-refractivity contribution in [2.75, 3.05) is 0 Å². The minimum absolute atomic E-state index is 0.102. The van der Waals surface area contributed by atoms with Gasteiger partial charge in [0.2, 0.25) is 0 Å². The highest BCUT2D eigenvalue weighted by Gasteiger charge is 2.10. The van der Waals surface area contributed by atoms with Crippen molar-refractivity contribution in [3.8, 4) is 0 Å². The minimum atomic E-state index is -0.102. The Hall–Kier alpha value is -1.68. The zero-order valence-electron chi connectivity index (χ0n) is 10.6. The van der Waals surface area contributed by atoms with Crippen LogP contribution in [0.2, 0.25) is 0 Å². The third-order valence-corrected chi connectivity index (χ3v) is 3.71. The average Bonchev–Trinajstić information content (AvgIpc) is 2.90. The second-order valence-electron chi connectivity index (χ2n) is 4.09. The molecule has 2 aromatic rings. The van der Waals surface area contributed by atoms with Crippen molar-refractivity contribution < 1.29 is 4.79 Å². The highest BCUT2D eigenvalue weighted by molar-refractivity contribution is 7.11. The van der Waals surface area contributed by atoms with E-state index in [1.807, 2.05) is 0 Å². The Bertz CT molecular complexity index is 535. The molecule has 1 N–H and O–H groups in total. The predicted octanol–water partition coefficient (Wildman–Crippen LogP) is 2.94. The van der Waals surface area contributed by atoms with E-state index in [4.69, 9.17) is 0 Å². The van der Waals surface area contributed by atoms with Crippen LogP contribution in [-0.2, 0) is 13.0 Å². The molecule has 1 heterocycles. The van der Waals surface area contributed by atoms with Gasteiger partial charge in [0, 0.05) is 18.1 Å². The second kappa shape index (κ2) is 5.78. The summed E-state index contributed by atoms with van der Waals surface area (Å²) in [7, 11) is 0. The van der Waals surface area contributed by atoms with E-state index < -0.39 is 0 Å². The first kappa shape index (κ1) is 12.8. The molecule has 0 spiro atoms. The quantitative estimate of drug-likeness (QED) is 0.918. The van der Waals surface area contributed by atoms with Gasteiger partial charge in [-0.3, -0.25) is 4.79 Å². The molecule has 0 saturated carbocycles. The zero-order chi connectivity index (χ0) is 13.0. The third kappa shape index (κ3) is 2.76. The van der Waals surface area contributed by atoms with E-state index in [9.17, 15) is 4.79 Å². The van der Waals surface area contributed by atoms with Crippen molar-refractivity contribution in [3.05, 3.63) is 51.5 Å². The normalized spacial score (nSPS) is 10.3. The molecule has 0 unspecified atom stereocenters. The van der Waals surface area contributed by atoms with E-state index in [0.29, 0.717) is 11.6 Å². The molecular weight excluding hydrogens is 244 g/mol. The number of amides is 1. The fourth-order valence-corrected chi connectivity index (χ4v) is 2.48. The molecule has 1 aromatic carbocycles. The fourth-order valence-electron chi connectivity index (χ4n) is 1.93. The molecule has 0 saturated heterocycles. The van der Waals surface area contributed by atoms with E-state index in [2.05, 4.69) is 42.3 Å². The Morgan fingerprint density at radius 3 is 2.94 bits per heavy atom. The van der Waals surface area contributed by atoms with Crippen LogP contribution in [0.1, 0.15) is 33.4 Å². The minimum Gasteiger partial charge on any atom is -0.346 e. The van der Waals surface area contributed by atoms with Gasteiger partial charge in [-0.2, -0.15) is 0 Å². The lowest BCUT2D eigenvalue weighted by atomic mass is 10.00. The summed E-state index contributed by atoms with van der Waals surface area (Å²) < 4.78 is 0. The molecule has 4 heteroatoms. The van der Waals surface area contributed by atoms with Crippen LogP contribution in [0.15, 0.2) is 29.8 Å². The Balaban J connectivity index is 2.09. The molecule has 0 aliphatic heterocycles. The molecule has 18 heavy (non-hydrogen) atoms. The van der Waals surface area contributed by atoms with Gasteiger partial charge in [-0.25, -0.2) is 4.98 Å². The maximum Gasteiger partial charge on any atom is 0.280 e. The highest BCUT2D eigenvalue weighted by atomic mass is 32.1. The summed E-state index contributed by atoms with van der Waals surface area (Å²) in [5.74, 6) is -0.102. The van der Waals surface area contributed by atoms with E-state index in [1.54, 1.807) is 11.6 Å². The van der Waals surface area contributed by atoms with Crippen LogP contribution in [0, 0.1) is 6.92 Å². The van der Waals surface area contributed by atoms with Crippen molar-refractivity contribution in [2.45, 2.75) is 26.8 Å². The molecule has 1 amide bonds. The Morgan fingerprint density at radius 2 is 2.28 bits per heavy atom. The summed E-state index contributed by atoms with van der Waals surface area (Å²) in [5, 5.41) is 5.25. The van der Waals surface area contributed by atoms with E-state index in [1.165, 1.54) is 28.0 Å². The lowest BCUT2D eigenvalue weighted by Crippen LogP contribution is -2.23. The van der Waals surface area contributed by atoms with Crippen molar-refractivity contribution >= 4 is 17.2 Å². The van der Waals surface area contributed by atoms with Gasteiger partial charge < -0.3 is 5.32 Å². The smallest absolute Gasteiger partial charge is 0.280 e. The number of aromatic nitrogens is 1. The number of hydrogen-bond acceptors (Lipinski definition) is 3. The van der Waals surface area contributed by atoms with Crippen LogP contribution in [-0.4, -0.2) is 10.9 Å². The van der Waals surface area contributed by atoms with Gasteiger partial charge in [0.15, 0.2) is 5.01 Å². The molecule has 0 atom stereocenters. The van der Waals surface area contributed by atoms with E-state index >= 15 is 0 Å². The van der Waals surface area contributed by atoms with Crippen molar-refractivity contribution in [2.24, 2.45) is 0 Å². The monoisotopic (exact) mass is 260 g/mol. The van der Waals surface area contributed by atoms with Crippen molar-refractivity contribution in [3.63, 3.8) is 0 Å². The molecule has 0 bridgehead atoms. The lowest BCUT2D eigenvalue weighted by molar-refractivity contribution is 0.0950. The molecule has 2 rings (SSSR count). The standard InChI is InChI=1S/C14H16N2OS/c1-3-11-6-4-5-10(2)12(11)9-16-13(17)14-15-7-8-18-14/h4-8H,3,9H2,1-2H3,(H,16,17). The Labute approximate surface area is 111 Å². The van der Waals surface area contributed by atoms with Gasteiger partial charge in [-0.05, 0) is 30.0 Å². The number of carbonyl (C=O) groups is 1. The molecule has 0 aliphatic carbocycles. The number of nitrogens with one attached hydrogen (secondary N) is 1. The Kier molecular flexibility index (Phi) is 4.10. The number of hydrogen-bond donors (Lipinski definition) is 1. The largest absolute Gasteiger partial charge is 0.346 e. The third-order valence-electron chi connectivity index (χ3n) is 2.94. The number of aryl methyl sites for hydroxylation is 2. The van der Waals surface area contributed by atoms with Crippen LogP contribution < -0.4 is 5.32 Å². The van der Waals surface area contributed by atoms with Crippen LogP contribution in [0.4, 0.5) is 0 Å². The lowest BCUT2D eigenvalue weighted by Gasteiger charge is -2.11. The molecule has 94 valence electrons. The first-order valence-corrected chi connectivity index (χ1v) is 6.85. The number of rotatable bonds is 4. The van der Waals surface area contributed by atoms with E-state index in [0.717, 1.165) is 6.42 Å². The Morgan fingerprint density at radius 1 is 1.44 bits per heavy atom. The van der Waals surface area contributed by atoms with Crippen LogP contribution in [0.25, 0.3) is 0 Å². The van der Waals surface area contributed by atoms with Crippen LogP contribution in [0.3, 0.4) is 0 Å². The molecular formula is C14H16N2OS. The summed E-state index contributed by atoms with van der Waals surface area (Å²) in [6.07, 6.45) is 2.62. The van der Waals surface area contributed by atoms with Gasteiger partial charge in [0.1, 0.15) is 0 Å². The second-order valence-corrected chi connectivity index (χ2v) is 4.98. The van der Waals surface area contributed by atoms with Crippen molar-refractivity contribution in [1.82, 2.24) is 10.3 Å². The molecule has 0 fully saturated rings. The first-order valence-electron chi connectivity index (χ1n) is 5.97. The summed E-state index contributed by atoms with van der Waals surface area (Å²) in [4.78, 5) is 15.8. The molecule has 0 aliphatic rings. The van der Waals surface area contributed by atoms with Gasteiger partial charge in [0.05, 0.1) is 0 Å². The molecule has 3 nitrogen and oxygen atoms in total. The van der Waals surface area contributed by atoms with Gasteiger partial charge in [-0.1, -0.05) is 25.1 Å². The van der Waals surface area contributed by atoms with E-state index in [-0.39, 0.29) is 5.91 Å². The topological polar surface area (TPSA) is 42.0 Å². The van der Waals surface area contributed by atoms with Crippen LogP contribution >= 0.6 is 11.3 Å². The number of thiazole rings is 1. The summed E-state index contributed by atoms with van der Waals surface area (Å²) >= 11 is 1.36. The number of carbonyl (C=O) groups excluding carboxylic acids is 1. The number of benzene rings is 1. The highest BCUT2D eigenvalue weighted by Crippen LogP contribution is 2.15. The SMILES string of the molecule is CCc1cccc(C)c1CNC(=O)c1nccs1.